The van der Waals surface area contributed by atoms with E-state index in [9.17, 15) is 4.79 Å². The van der Waals surface area contributed by atoms with Crippen LogP contribution >= 0.6 is 0 Å². The van der Waals surface area contributed by atoms with Crippen molar-refractivity contribution in [1.29, 1.82) is 5.26 Å². The van der Waals surface area contributed by atoms with Crippen LogP contribution in [0.15, 0.2) is 0 Å². The Kier molecular flexibility index (Phi) is 6.28. The maximum absolute atomic E-state index is 12.0. The van der Waals surface area contributed by atoms with Crippen LogP contribution in [0.3, 0.4) is 0 Å². The Labute approximate surface area is 122 Å². The number of carbonyl (C=O) groups is 1. The van der Waals surface area contributed by atoms with Crippen LogP contribution in [-0.2, 0) is 4.74 Å². The summed E-state index contributed by atoms with van der Waals surface area (Å²) < 4.78 is 5.41. The minimum atomic E-state index is -0.440. The Morgan fingerprint density at radius 2 is 2.25 bits per heavy atom. The molecule has 1 fully saturated rings. The van der Waals surface area contributed by atoms with Crippen LogP contribution in [0.4, 0.5) is 4.79 Å². The molecule has 114 valence electrons. The number of amides is 1. The quantitative estimate of drug-likeness (QED) is 0.859. The second-order valence-electron chi connectivity index (χ2n) is 6.62. The first-order chi connectivity index (χ1) is 9.31. The molecule has 1 aliphatic heterocycles. The largest absolute Gasteiger partial charge is 0.444 e. The number of rotatable bonds is 4. The molecule has 5 nitrogen and oxygen atoms in total. The van der Waals surface area contributed by atoms with Gasteiger partial charge in [-0.2, -0.15) is 5.26 Å². The molecule has 0 aliphatic carbocycles. The molecule has 1 aliphatic rings. The molecule has 20 heavy (non-hydrogen) atoms. The second-order valence-corrected chi connectivity index (χ2v) is 6.62. The van der Waals surface area contributed by atoms with Crippen molar-refractivity contribution < 1.29 is 9.53 Å². The van der Waals surface area contributed by atoms with Gasteiger partial charge in [-0.3, -0.25) is 0 Å². The third kappa shape index (κ3) is 6.25. The van der Waals surface area contributed by atoms with Gasteiger partial charge in [0.05, 0.1) is 12.0 Å². The van der Waals surface area contributed by atoms with Gasteiger partial charge in [-0.05, 0) is 53.0 Å². The van der Waals surface area contributed by atoms with Crippen molar-refractivity contribution in [1.82, 2.24) is 10.2 Å². The van der Waals surface area contributed by atoms with E-state index in [0.717, 1.165) is 32.5 Å². The smallest absolute Gasteiger partial charge is 0.410 e. The maximum Gasteiger partial charge on any atom is 0.410 e. The van der Waals surface area contributed by atoms with Gasteiger partial charge in [0, 0.05) is 19.6 Å². The highest BCUT2D eigenvalue weighted by molar-refractivity contribution is 5.68. The van der Waals surface area contributed by atoms with Crippen LogP contribution in [-0.4, -0.2) is 42.8 Å². The Hall–Kier alpha value is -1.28. The van der Waals surface area contributed by atoms with Crippen molar-refractivity contribution in [3.63, 3.8) is 0 Å². The first-order valence-electron chi connectivity index (χ1n) is 7.40. The molecule has 1 N–H and O–H groups in total. The molecule has 0 bridgehead atoms. The molecule has 2 atom stereocenters. The van der Waals surface area contributed by atoms with Gasteiger partial charge in [0.1, 0.15) is 5.60 Å². The zero-order valence-corrected chi connectivity index (χ0v) is 13.1. The SMILES string of the molecule is CC(C#N)CNCC1CCCN(C(=O)OC(C)(C)C)C1. The molecule has 5 heteroatoms. The molecule has 1 heterocycles. The van der Waals surface area contributed by atoms with Crippen molar-refractivity contribution in [2.75, 3.05) is 26.2 Å². The molecule has 0 spiro atoms. The van der Waals surface area contributed by atoms with Crippen LogP contribution in [0.5, 0.6) is 0 Å². The summed E-state index contributed by atoms with van der Waals surface area (Å²) in [5.41, 5.74) is -0.440. The van der Waals surface area contributed by atoms with Gasteiger partial charge in [0.25, 0.3) is 0 Å². The average molecular weight is 281 g/mol. The van der Waals surface area contributed by atoms with Crippen molar-refractivity contribution in [2.24, 2.45) is 11.8 Å². The van der Waals surface area contributed by atoms with E-state index in [2.05, 4.69) is 11.4 Å². The zero-order chi connectivity index (χ0) is 15.2. The topological polar surface area (TPSA) is 65.4 Å². The van der Waals surface area contributed by atoms with E-state index >= 15 is 0 Å². The number of ether oxygens (including phenoxy) is 1. The number of nitriles is 1. The van der Waals surface area contributed by atoms with Crippen LogP contribution in [0.25, 0.3) is 0 Å². The summed E-state index contributed by atoms with van der Waals surface area (Å²) in [5.74, 6) is 0.475. The standard InChI is InChI=1S/C15H27N3O2/c1-12(8-16)9-17-10-13-6-5-7-18(11-13)14(19)20-15(2,3)4/h12-13,17H,5-7,9-11H2,1-4H3. The van der Waals surface area contributed by atoms with E-state index in [1.807, 2.05) is 27.7 Å². The normalized spacial score (nSPS) is 21.1. The van der Waals surface area contributed by atoms with Crippen LogP contribution in [0.1, 0.15) is 40.5 Å². The lowest BCUT2D eigenvalue weighted by Gasteiger charge is -2.34. The molecule has 0 saturated carbocycles. The molecule has 0 radical (unpaired) electrons. The zero-order valence-electron chi connectivity index (χ0n) is 13.1. The van der Waals surface area contributed by atoms with Crippen molar-refractivity contribution in [3.05, 3.63) is 0 Å². The molecule has 0 aromatic carbocycles. The van der Waals surface area contributed by atoms with Gasteiger partial charge < -0.3 is 15.0 Å². The lowest BCUT2D eigenvalue weighted by molar-refractivity contribution is 0.0166. The highest BCUT2D eigenvalue weighted by Gasteiger charge is 2.27. The summed E-state index contributed by atoms with van der Waals surface area (Å²) >= 11 is 0. The Morgan fingerprint density at radius 1 is 1.55 bits per heavy atom. The van der Waals surface area contributed by atoms with Crippen LogP contribution in [0.2, 0.25) is 0 Å². The molecule has 1 amide bonds. The van der Waals surface area contributed by atoms with Crippen molar-refractivity contribution >= 4 is 6.09 Å². The summed E-state index contributed by atoms with van der Waals surface area (Å²) in [6.45, 7) is 10.6. The molecule has 2 unspecified atom stereocenters. The van der Waals surface area contributed by atoms with Gasteiger partial charge in [-0.15, -0.1) is 0 Å². The molecular formula is C15H27N3O2. The van der Waals surface area contributed by atoms with E-state index in [4.69, 9.17) is 10.00 Å². The third-order valence-electron chi connectivity index (χ3n) is 3.27. The van der Waals surface area contributed by atoms with Gasteiger partial charge in [-0.1, -0.05) is 0 Å². The van der Waals surface area contributed by atoms with Gasteiger partial charge >= 0.3 is 6.09 Å². The summed E-state index contributed by atoms with van der Waals surface area (Å²) in [6, 6.07) is 2.21. The summed E-state index contributed by atoms with van der Waals surface area (Å²) in [7, 11) is 0. The molecule has 1 rings (SSSR count). The fraction of sp³-hybridized carbons (Fsp3) is 0.867. The number of nitrogens with one attached hydrogen (secondary N) is 1. The molecule has 0 aromatic rings. The number of carbonyl (C=O) groups excluding carboxylic acids is 1. The minimum Gasteiger partial charge on any atom is -0.444 e. The number of likely N-dealkylation sites (tertiary alicyclic amines) is 1. The lowest BCUT2D eigenvalue weighted by Crippen LogP contribution is -2.45. The number of hydrogen-bond acceptors (Lipinski definition) is 4. The maximum atomic E-state index is 12.0. The highest BCUT2D eigenvalue weighted by Crippen LogP contribution is 2.18. The van der Waals surface area contributed by atoms with Gasteiger partial charge in [-0.25, -0.2) is 4.79 Å². The van der Waals surface area contributed by atoms with E-state index in [0.29, 0.717) is 12.5 Å². The van der Waals surface area contributed by atoms with Crippen molar-refractivity contribution in [2.45, 2.75) is 46.1 Å². The fourth-order valence-corrected chi connectivity index (χ4v) is 2.27. The van der Waals surface area contributed by atoms with Crippen LogP contribution in [0, 0.1) is 23.2 Å². The van der Waals surface area contributed by atoms with Crippen LogP contribution < -0.4 is 5.32 Å². The monoisotopic (exact) mass is 281 g/mol. The van der Waals surface area contributed by atoms with E-state index in [1.54, 1.807) is 4.90 Å². The highest BCUT2D eigenvalue weighted by atomic mass is 16.6. The second kappa shape index (κ2) is 7.49. The van der Waals surface area contributed by atoms with E-state index in [1.165, 1.54) is 0 Å². The number of hydrogen-bond donors (Lipinski definition) is 1. The molecule has 0 aromatic heterocycles. The fourth-order valence-electron chi connectivity index (χ4n) is 2.27. The minimum absolute atomic E-state index is 0.0283. The lowest BCUT2D eigenvalue weighted by atomic mass is 9.98. The number of piperidine rings is 1. The summed E-state index contributed by atoms with van der Waals surface area (Å²) in [6.07, 6.45) is 1.92. The summed E-state index contributed by atoms with van der Waals surface area (Å²) in [5, 5.41) is 12.0. The molecular weight excluding hydrogens is 254 g/mol. The predicted molar refractivity (Wildman–Crippen MR) is 78.2 cm³/mol. The Morgan fingerprint density at radius 3 is 2.85 bits per heavy atom. The first-order valence-corrected chi connectivity index (χ1v) is 7.40. The Bertz CT molecular complexity index is 357. The average Bonchev–Trinajstić information content (AvgIpc) is 2.37. The van der Waals surface area contributed by atoms with E-state index < -0.39 is 5.60 Å². The van der Waals surface area contributed by atoms with E-state index in [-0.39, 0.29) is 12.0 Å². The van der Waals surface area contributed by atoms with Crippen molar-refractivity contribution in [3.8, 4) is 6.07 Å². The first kappa shape index (κ1) is 16.8. The number of nitrogens with zero attached hydrogens (tertiary/aromatic N) is 2. The predicted octanol–water partition coefficient (Wildman–Crippen LogP) is 2.38. The Balaban J connectivity index is 2.35. The molecule has 1 saturated heterocycles. The van der Waals surface area contributed by atoms with Gasteiger partial charge in [0.2, 0.25) is 0 Å². The summed E-state index contributed by atoms with van der Waals surface area (Å²) in [4.78, 5) is 13.8. The third-order valence-corrected chi connectivity index (χ3v) is 3.27. The van der Waals surface area contributed by atoms with Gasteiger partial charge in [0.15, 0.2) is 0 Å².